The predicted molar refractivity (Wildman–Crippen MR) is 108 cm³/mol. The Balaban J connectivity index is 2.09. The number of ether oxygens (including phenoxy) is 2. The van der Waals surface area contributed by atoms with Gasteiger partial charge in [-0.05, 0) is 39.8 Å². The van der Waals surface area contributed by atoms with Gasteiger partial charge in [0.1, 0.15) is 18.1 Å². The van der Waals surface area contributed by atoms with Crippen molar-refractivity contribution in [3.05, 3.63) is 34.9 Å². The SMILES string of the molecule is CCOC(=O)CN(CCOC)C(=O)c1cc(-c2cc(C)oc2C)nc2onc(C)c12. The van der Waals surface area contributed by atoms with Crippen molar-refractivity contribution in [2.75, 3.05) is 33.4 Å². The molecule has 9 heteroatoms. The van der Waals surface area contributed by atoms with Crippen molar-refractivity contribution in [2.45, 2.75) is 27.7 Å². The van der Waals surface area contributed by atoms with Crippen LogP contribution in [0.4, 0.5) is 0 Å². The first-order chi connectivity index (χ1) is 14.3. The second kappa shape index (κ2) is 9.08. The van der Waals surface area contributed by atoms with Gasteiger partial charge in [0.05, 0.1) is 35.6 Å². The smallest absolute Gasteiger partial charge is 0.325 e. The Morgan fingerprint density at radius 2 is 1.97 bits per heavy atom. The lowest BCUT2D eigenvalue weighted by Gasteiger charge is -2.22. The molecular formula is C21H25N3O6. The Hall–Kier alpha value is -3.20. The standard InChI is InChI=1S/C21H25N3O6/c1-6-28-18(25)11-24(7-8-27-5)21(26)16-10-17(15-9-12(2)29-14(15)4)22-20-19(16)13(3)23-30-20/h9-10H,6-8,11H2,1-5H3. The third kappa shape index (κ3) is 4.35. The number of aryl methyl sites for hydroxylation is 3. The normalized spacial score (nSPS) is 11.1. The number of aromatic nitrogens is 2. The van der Waals surface area contributed by atoms with Crippen molar-refractivity contribution in [1.29, 1.82) is 0 Å². The van der Waals surface area contributed by atoms with Gasteiger partial charge in [-0.15, -0.1) is 0 Å². The summed E-state index contributed by atoms with van der Waals surface area (Å²) < 4.78 is 21.1. The molecule has 0 saturated carbocycles. The van der Waals surface area contributed by atoms with E-state index >= 15 is 0 Å². The average molecular weight is 415 g/mol. The number of carbonyl (C=O) groups is 2. The topological polar surface area (TPSA) is 108 Å². The molecule has 0 unspecified atom stereocenters. The van der Waals surface area contributed by atoms with Crippen molar-refractivity contribution in [3.8, 4) is 11.3 Å². The van der Waals surface area contributed by atoms with Gasteiger partial charge in [-0.1, -0.05) is 5.16 Å². The lowest BCUT2D eigenvalue weighted by atomic mass is 10.0. The van der Waals surface area contributed by atoms with E-state index < -0.39 is 5.97 Å². The monoisotopic (exact) mass is 415 g/mol. The van der Waals surface area contributed by atoms with Crippen LogP contribution < -0.4 is 0 Å². The molecule has 0 aliphatic heterocycles. The van der Waals surface area contributed by atoms with Gasteiger partial charge >= 0.3 is 5.97 Å². The summed E-state index contributed by atoms with van der Waals surface area (Å²) in [5.41, 5.74) is 2.41. The Bertz CT molecular complexity index is 1070. The first kappa shape index (κ1) is 21.5. The van der Waals surface area contributed by atoms with E-state index in [1.807, 2.05) is 19.9 Å². The summed E-state index contributed by atoms with van der Waals surface area (Å²) in [6.07, 6.45) is 0. The van der Waals surface area contributed by atoms with Crippen LogP contribution in [0.25, 0.3) is 22.4 Å². The highest BCUT2D eigenvalue weighted by Crippen LogP contribution is 2.31. The van der Waals surface area contributed by atoms with E-state index in [0.717, 1.165) is 11.3 Å². The quantitative estimate of drug-likeness (QED) is 0.517. The summed E-state index contributed by atoms with van der Waals surface area (Å²) in [5, 5.41) is 4.47. The molecule has 0 fully saturated rings. The molecule has 160 valence electrons. The number of nitrogens with zero attached hydrogens (tertiary/aromatic N) is 3. The summed E-state index contributed by atoms with van der Waals surface area (Å²) in [4.78, 5) is 31.4. The molecule has 0 spiro atoms. The van der Waals surface area contributed by atoms with Crippen LogP contribution in [0.15, 0.2) is 21.1 Å². The van der Waals surface area contributed by atoms with E-state index in [1.54, 1.807) is 19.9 Å². The van der Waals surface area contributed by atoms with E-state index in [1.165, 1.54) is 12.0 Å². The molecule has 3 aromatic heterocycles. The molecule has 0 bridgehead atoms. The molecule has 0 N–H and O–H groups in total. The van der Waals surface area contributed by atoms with Crippen LogP contribution in [0.1, 0.15) is 34.5 Å². The summed E-state index contributed by atoms with van der Waals surface area (Å²) >= 11 is 0. The molecule has 0 aromatic carbocycles. The van der Waals surface area contributed by atoms with Crippen molar-refractivity contribution in [3.63, 3.8) is 0 Å². The molecule has 0 atom stereocenters. The summed E-state index contributed by atoms with van der Waals surface area (Å²) in [6.45, 7) is 7.66. The second-order valence-corrected chi connectivity index (χ2v) is 6.85. The molecule has 3 rings (SSSR count). The van der Waals surface area contributed by atoms with E-state index in [4.69, 9.17) is 18.4 Å². The number of hydrogen-bond donors (Lipinski definition) is 0. The second-order valence-electron chi connectivity index (χ2n) is 6.85. The summed E-state index contributed by atoms with van der Waals surface area (Å²) in [6, 6.07) is 3.53. The minimum absolute atomic E-state index is 0.191. The zero-order chi connectivity index (χ0) is 21.8. The zero-order valence-electron chi connectivity index (χ0n) is 17.8. The lowest BCUT2D eigenvalue weighted by molar-refractivity contribution is -0.143. The third-order valence-electron chi connectivity index (χ3n) is 4.64. The van der Waals surface area contributed by atoms with Gasteiger partial charge in [0, 0.05) is 19.2 Å². The van der Waals surface area contributed by atoms with E-state index in [-0.39, 0.29) is 37.9 Å². The van der Waals surface area contributed by atoms with Gasteiger partial charge in [0.25, 0.3) is 11.6 Å². The number of furan rings is 1. The maximum atomic E-state index is 13.5. The van der Waals surface area contributed by atoms with Crippen molar-refractivity contribution >= 4 is 23.0 Å². The molecule has 9 nitrogen and oxygen atoms in total. The molecule has 0 radical (unpaired) electrons. The van der Waals surface area contributed by atoms with Crippen LogP contribution in [-0.4, -0.2) is 60.3 Å². The van der Waals surface area contributed by atoms with Crippen molar-refractivity contribution < 1.29 is 28.0 Å². The molecule has 1 amide bonds. The predicted octanol–water partition coefficient (Wildman–Crippen LogP) is 3.06. The van der Waals surface area contributed by atoms with Crippen LogP contribution in [0.2, 0.25) is 0 Å². The highest BCUT2D eigenvalue weighted by molar-refractivity contribution is 6.07. The van der Waals surface area contributed by atoms with Crippen LogP contribution >= 0.6 is 0 Å². The number of carbonyl (C=O) groups excluding carboxylic acids is 2. The highest BCUT2D eigenvalue weighted by atomic mass is 16.5. The van der Waals surface area contributed by atoms with Gasteiger partial charge in [-0.2, -0.15) is 0 Å². The van der Waals surface area contributed by atoms with E-state index in [9.17, 15) is 9.59 Å². The number of amides is 1. The fourth-order valence-corrected chi connectivity index (χ4v) is 3.27. The van der Waals surface area contributed by atoms with E-state index in [0.29, 0.717) is 28.1 Å². The lowest BCUT2D eigenvalue weighted by Crippen LogP contribution is -2.38. The molecular weight excluding hydrogens is 390 g/mol. The maximum absolute atomic E-state index is 13.5. The van der Waals surface area contributed by atoms with Crippen LogP contribution in [0, 0.1) is 20.8 Å². The number of esters is 1. The van der Waals surface area contributed by atoms with Gasteiger partial charge in [0.2, 0.25) is 0 Å². The van der Waals surface area contributed by atoms with Gasteiger partial charge < -0.3 is 23.3 Å². The van der Waals surface area contributed by atoms with Crippen molar-refractivity contribution in [2.24, 2.45) is 0 Å². The van der Waals surface area contributed by atoms with Gasteiger partial charge in [0.15, 0.2) is 0 Å². The van der Waals surface area contributed by atoms with Crippen LogP contribution in [-0.2, 0) is 14.3 Å². The fraction of sp³-hybridized carbons (Fsp3) is 0.429. The number of hydrogen-bond acceptors (Lipinski definition) is 8. The van der Waals surface area contributed by atoms with Crippen LogP contribution in [0.5, 0.6) is 0 Å². The largest absolute Gasteiger partial charge is 0.466 e. The molecule has 3 heterocycles. The number of fused-ring (bicyclic) bond motifs is 1. The fourth-order valence-electron chi connectivity index (χ4n) is 3.27. The summed E-state index contributed by atoms with van der Waals surface area (Å²) in [7, 11) is 1.53. The Labute approximate surface area is 173 Å². The van der Waals surface area contributed by atoms with E-state index in [2.05, 4.69) is 10.1 Å². The zero-order valence-corrected chi connectivity index (χ0v) is 17.8. The number of methoxy groups -OCH3 is 1. The Morgan fingerprint density at radius 1 is 1.20 bits per heavy atom. The molecule has 0 aliphatic rings. The highest BCUT2D eigenvalue weighted by Gasteiger charge is 2.26. The minimum atomic E-state index is -0.490. The summed E-state index contributed by atoms with van der Waals surface area (Å²) in [5.74, 6) is 0.556. The molecule has 0 saturated heterocycles. The molecule has 0 aliphatic carbocycles. The molecule has 3 aromatic rings. The Kier molecular flexibility index (Phi) is 6.51. The van der Waals surface area contributed by atoms with Crippen LogP contribution in [0.3, 0.4) is 0 Å². The maximum Gasteiger partial charge on any atom is 0.325 e. The third-order valence-corrected chi connectivity index (χ3v) is 4.64. The number of rotatable bonds is 8. The average Bonchev–Trinajstić information content (AvgIpc) is 3.25. The van der Waals surface area contributed by atoms with Gasteiger partial charge in [-0.3, -0.25) is 9.59 Å². The number of pyridine rings is 1. The first-order valence-corrected chi connectivity index (χ1v) is 9.64. The minimum Gasteiger partial charge on any atom is -0.466 e. The van der Waals surface area contributed by atoms with Gasteiger partial charge in [-0.25, -0.2) is 4.98 Å². The van der Waals surface area contributed by atoms with Crippen molar-refractivity contribution in [1.82, 2.24) is 15.0 Å². The Morgan fingerprint density at radius 3 is 2.60 bits per heavy atom. The molecule has 30 heavy (non-hydrogen) atoms. The first-order valence-electron chi connectivity index (χ1n) is 9.64.